The summed E-state index contributed by atoms with van der Waals surface area (Å²) in [5.41, 5.74) is 4.75. The summed E-state index contributed by atoms with van der Waals surface area (Å²) in [7, 11) is 0. The number of rotatable bonds is 4. The van der Waals surface area contributed by atoms with Gasteiger partial charge in [-0.25, -0.2) is 8.78 Å². The van der Waals surface area contributed by atoms with E-state index in [1.54, 1.807) is 11.3 Å². The van der Waals surface area contributed by atoms with Crippen molar-refractivity contribution in [2.24, 2.45) is 5.84 Å². The third-order valence-electron chi connectivity index (χ3n) is 3.55. The van der Waals surface area contributed by atoms with Crippen molar-refractivity contribution in [3.05, 3.63) is 56.8 Å². The van der Waals surface area contributed by atoms with E-state index in [0.29, 0.717) is 12.0 Å². The minimum Gasteiger partial charge on any atom is -0.271 e. The minimum atomic E-state index is -0.553. The summed E-state index contributed by atoms with van der Waals surface area (Å²) in [6.45, 7) is 0. The molecule has 3 N–H and O–H groups in total. The van der Waals surface area contributed by atoms with Gasteiger partial charge in [0.25, 0.3) is 0 Å². The monoisotopic (exact) mass is 326 g/mol. The van der Waals surface area contributed by atoms with Gasteiger partial charge in [0.15, 0.2) is 0 Å². The topological polar surface area (TPSA) is 38.0 Å². The van der Waals surface area contributed by atoms with Gasteiger partial charge in [0.1, 0.15) is 11.6 Å². The van der Waals surface area contributed by atoms with Crippen LogP contribution in [0, 0.1) is 11.6 Å². The predicted molar refractivity (Wildman–Crippen MR) is 84.3 cm³/mol. The molecule has 0 spiro atoms. The summed E-state index contributed by atoms with van der Waals surface area (Å²) in [5, 5.41) is 0. The molecule has 2 heterocycles. The van der Waals surface area contributed by atoms with Gasteiger partial charge in [-0.15, -0.1) is 11.3 Å². The van der Waals surface area contributed by atoms with Crippen LogP contribution in [0.1, 0.15) is 26.9 Å². The maximum atomic E-state index is 13.3. The lowest BCUT2D eigenvalue weighted by Crippen LogP contribution is -2.29. The number of nitrogens with one attached hydrogen (secondary N) is 1. The molecule has 0 aliphatic carbocycles. The Balaban J connectivity index is 1.82. The zero-order chi connectivity index (χ0) is 14.8. The minimum absolute atomic E-state index is 0.119. The Bertz CT molecular complexity index is 599. The fraction of sp³-hybridized carbons (Fsp3) is 0.333. The Morgan fingerprint density at radius 2 is 1.95 bits per heavy atom. The van der Waals surface area contributed by atoms with Crippen LogP contribution in [0.2, 0.25) is 0 Å². The van der Waals surface area contributed by atoms with Crippen LogP contribution in [0.3, 0.4) is 0 Å². The molecular formula is C15H16F2N2S2. The Hall–Kier alpha value is -0.950. The van der Waals surface area contributed by atoms with Gasteiger partial charge in [0, 0.05) is 21.6 Å². The molecule has 0 amide bonds. The number of nitrogens with two attached hydrogens (primary N) is 1. The number of thiophene rings is 1. The van der Waals surface area contributed by atoms with Crippen molar-refractivity contribution in [3.8, 4) is 0 Å². The van der Waals surface area contributed by atoms with Crippen molar-refractivity contribution in [2.45, 2.75) is 24.6 Å². The van der Waals surface area contributed by atoms with E-state index in [0.717, 1.165) is 28.9 Å². The smallest absolute Gasteiger partial charge is 0.126 e. The quantitative estimate of drug-likeness (QED) is 0.666. The second kappa shape index (κ2) is 6.44. The number of fused-ring (bicyclic) bond motifs is 1. The van der Waals surface area contributed by atoms with Gasteiger partial charge < -0.3 is 0 Å². The molecular weight excluding hydrogens is 310 g/mol. The average molecular weight is 326 g/mol. The fourth-order valence-corrected chi connectivity index (χ4v) is 4.98. The van der Waals surface area contributed by atoms with E-state index >= 15 is 0 Å². The number of hydrogen-bond donors (Lipinski definition) is 2. The van der Waals surface area contributed by atoms with Gasteiger partial charge in [-0.1, -0.05) is 0 Å². The van der Waals surface area contributed by atoms with Gasteiger partial charge in [0.05, 0.1) is 6.04 Å². The van der Waals surface area contributed by atoms with Crippen LogP contribution in [0.4, 0.5) is 8.78 Å². The first-order chi connectivity index (χ1) is 10.2. The van der Waals surface area contributed by atoms with Crippen LogP contribution in [-0.2, 0) is 18.6 Å². The standard InChI is InChI=1S/C15H16F2N2S2/c16-11-3-9(4-12(17)7-11)5-13(19-18)15-6-10-8-20-2-1-14(10)21-15/h3-4,6-7,13,19H,1-2,5,8,18H2. The lowest BCUT2D eigenvalue weighted by Gasteiger charge is -2.14. The van der Waals surface area contributed by atoms with Gasteiger partial charge >= 0.3 is 0 Å². The lowest BCUT2D eigenvalue weighted by atomic mass is 10.0. The number of hydrazine groups is 1. The molecule has 1 aliphatic rings. The van der Waals surface area contributed by atoms with E-state index in [4.69, 9.17) is 5.84 Å². The summed E-state index contributed by atoms with van der Waals surface area (Å²) in [6, 6.07) is 5.65. The van der Waals surface area contributed by atoms with Crippen LogP contribution in [-0.4, -0.2) is 5.75 Å². The SMILES string of the molecule is NNC(Cc1cc(F)cc(F)c1)c1cc2c(s1)CCSC2. The third-order valence-corrected chi connectivity index (χ3v) is 5.91. The Kier molecular flexibility index (Phi) is 4.59. The van der Waals surface area contributed by atoms with Gasteiger partial charge in [-0.2, -0.15) is 11.8 Å². The van der Waals surface area contributed by atoms with Crippen molar-refractivity contribution in [3.63, 3.8) is 0 Å². The molecule has 0 saturated heterocycles. The highest BCUT2D eigenvalue weighted by Crippen LogP contribution is 2.35. The molecule has 0 radical (unpaired) electrons. The molecule has 0 fully saturated rings. The first kappa shape index (κ1) is 15.0. The first-order valence-electron chi connectivity index (χ1n) is 6.76. The van der Waals surface area contributed by atoms with E-state index in [9.17, 15) is 8.78 Å². The van der Waals surface area contributed by atoms with Crippen molar-refractivity contribution in [1.82, 2.24) is 5.43 Å². The summed E-state index contributed by atoms with van der Waals surface area (Å²) in [6.07, 6.45) is 1.56. The number of thioether (sulfide) groups is 1. The largest absolute Gasteiger partial charge is 0.271 e. The Labute approximate surface area is 130 Å². The number of hydrogen-bond acceptors (Lipinski definition) is 4. The van der Waals surface area contributed by atoms with E-state index in [1.165, 1.54) is 22.6 Å². The average Bonchev–Trinajstić information content (AvgIpc) is 2.87. The van der Waals surface area contributed by atoms with E-state index < -0.39 is 11.6 Å². The Morgan fingerprint density at radius 1 is 1.19 bits per heavy atom. The van der Waals surface area contributed by atoms with Crippen molar-refractivity contribution >= 4 is 23.1 Å². The molecule has 0 bridgehead atoms. The Morgan fingerprint density at radius 3 is 2.62 bits per heavy atom. The second-order valence-electron chi connectivity index (χ2n) is 5.10. The molecule has 2 nitrogen and oxygen atoms in total. The molecule has 1 aromatic carbocycles. The molecule has 6 heteroatoms. The maximum Gasteiger partial charge on any atom is 0.126 e. The molecule has 21 heavy (non-hydrogen) atoms. The van der Waals surface area contributed by atoms with Crippen molar-refractivity contribution in [1.29, 1.82) is 0 Å². The van der Waals surface area contributed by atoms with Crippen LogP contribution in [0.5, 0.6) is 0 Å². The molecule has 0 saturated carbocycles. The zero-order valence-corrected chi connectivity index (χ0v) is 13.0. The summed E-state index contributed by atoms with van der Waals surface area (Å²) in [4.78, 5) is 2.55. The summed E-state index contributed by atoms with van der Waals surface area (Å²) >= 11 is 3.69. The predicted octanol–water partition coefficient (Wildman–Crippen LogP) is 3.56. The van der Waals surface area contributed by atoms with Crippen molar-refractivity contribution < 1.29 is 8.78 Å². The normalized spacial score (nSPS) is 15.8. The number of aryl methyl sites for hydroxylation is 1. The molecule has 1 unspecified atom stereocenters. The third kappa shape index (κ3) is 3.45. The number of halogens is 2. The molecule has 1 aliphatic heterocycles. The van der Waals surface area contributed by atoms with Crippen LogP contribution >= 0.6 is 23.1 Å². The molecule has 2 aromatic rings. The van der Waals surface area contributed by atoms with Gasteiger partial charge in [-0.3, -0.25) is 11.3 Å². The molecule has 1 atom stereocenters. The summed E-state index contributed by atoms with van der Waals surface area (Å²) < 4.78 is 26.6. The second-order valence-corrected chi connectivity index (χ2v) is 7.37. The highest BCUT2D eigenvalue weighted by atomic mass is 32.2. The lowest BCUT2D eigenvalue weighted by molar-refractivity contribution is 0.546. The highest BCUT2D eigenvalue weighted by molar-refractivity contribution is 7.98. The van der Waals surface area contributed by atoms with Gasteiger partial charge in [0.2, 0.25) is 0 Å². The maximum absolute atomic E-state index is 13.3. The number of benzene rings is 1. The summed E-state index contributed by atoms with van der Waals surface area (Å²) in [5.74, 6) is 6.74. The molecule has 1 aromatic heterocycles. The molecule has 3 rings (SSSR count). The van der Waals surface area contributed by atoms with Crippen LogP contribution < -0.4 is 11.3 Å². The molecule has 112 valence electrons. The van der Waals surface area contributed by atoms with E-state index in [2.05, 4.69) is 11.5 Å². The van der Waals surface area contributed by atoms with Crippen LogP contribution in [0.15, 0.2) is 24.3 Å². The highest BCUT2D eigenvalue weighted by Gasteiger charge is 2.19. The zero-order valence-electron chi connectivity index (χ0n) is 11.4. The van der Waals surface area contributed by atoms with E-state index in [1.807, 2.05) is 11.8 Å². The van der Waals surface area contributed by atoms with Crippen molar-refractivity contribution in [2.75, 3.05) is 5.75 Å². The first-order valence-corrected chi connectivity index (χ1v) is 8.73. The van der Waals surface area contributed by atoms with Crippen LogP contribution in [0.25, 0.3) is 0 Å². The van der Waals surface area contributed by atoms with Gasteiger partial charge in [-0.05, 0) is 47.9 Å². The fourth-order valence-electron chi connectivity index (χ4n) is 2.55. The van der Waals surface area contributed by atoms with E-state index in [-0.39, 0.29) is 6.04 Å².